The molecule has 0 spiro atoms. The number of esters is 2. The number of sulfone groups is 2. The van der Waals surface area contributed by atoms with Gasteiger partial charge >= 0.3 is 31.9 Å². The zero-order valence-electron chi connectivity index (χ0n) is 46.6. The zero-order chi connectivity index (χ0) is 64.8. The average molecular weight is 1460 g/mol. The highest BCUT2D eigenvalue weighted by atomic mass is 35.9. The number of phosphoric acid groups is 1. The van der Waals surface area contributed by atoms with Gasteiger partial charge in [0.15, 0.2) is 29.9 Å². The van der Waals surface area contributed by atoms with Crippen molar-refractivity contribution in [2.45, 2.75) is 132 Å². The third-order valence-electron chi connectivity index (χ3n) is 11.7. The molecule has 0 saturated heterocycles. The molecule has 0 radical (unpaired) electrons. The minimum atomic E-state index is -4.78. The Kier molecular flexibility index (Phi) is 32.6. The van der Waals surface area contributed by atoms with Crippen LogP contribution >= 0.6 is 111 Å². The SMILES string of the molecule is CC#N.Cc1nc(NC(=O)CCCN[C@@H](CO)C(=O)OC2CCCC2)sc1-c1ccc(Cl)c(S(C)(=O)=O)c1.Cc1nc(NC(=O)CCCN[C@@H](COP(=O)(O)O)C(=O)OC2CCCC2)sc1-c1ccc(Cl)c(S(C)(=O)=O)c1.O=P(Cl)(Cl)OP(=O)(Cl)Cl. The summed E-state index contributed by atoms with van der Waals surface area (Å²) in [5, 5.41) is 29.1. The molecule has 4 aromatic rings. The van der Waals surface area contributed by atoms with Crippen LogP contribution in [0.1, 0.15) is 95.4 Å². The quantitative estimate of drug-likeness (QED) is 0.0174. The Morgan fingerprint density at radius 3 is 1.38 bits per heavy atom. The summed E-state index contributed by atoms with van der Waals surface area (Å²) in [6, 6.07) is 9.24. The fourth-order valence-electron chi connectivity index (χ4n) is 7.93. The molecule has 0 unspecified atom stereocenters. The number of carbonyl (C=O) groups is 4. The lowest BCUT2D eigenvalue weighted by atomic mass is 10.2. The highest BCUT2D eigenvalue weighted by Crippen LogP contribution is 2.74. The molecular formula is C48H64Cl6N7O18P3S4. The van der Waals surface area contributed by atoms with Gasteiger partial charge in [-0.3, -0.25) is 32.8 Å². The summed E-state index contributed by atoms with van der Waals surface area (Å²) < 4.78 is 98.6. The van der Waals surface area contributed by atoms with E-state index in [0.29, 0.717) is 57.0 Å². The Morgan fingerprint density at radius 2 is 1.06 bits per heavy atom. The third-order valence-corrected chi connectivity index (χ3v) is 21.4. The van der Waals surface area contributed by atoms with Crippen LogP contribution in [0.5, 0.6) is 0 Å². The molecule has 2 fully saturated rings. The molecule has 6 rings (SSSR count). The van der Waals surface area contributed by atoms with E-state index in [0.717, 1.165) is 68.8 Å². The maximum Gasteiger partial charge on any atom is 0.469 e. The van der Waals surface area contributed by atoms with Crippen molar-refractivity contribution in [3.8, 4) is 27.0 Å². The molecule has 2 aliphatic carbocycles. The molecule has 2 amide bonds. The second kappa shape index (κ2) is 36.2. The van der Waals surface area contributed by atoms with E-state index >= 15 is 0 Å². The zero-order valence-corrected chi connectivity index (χ0v) is 57.1. The topological polar surface area (TPSA) is 383 Å². The Bertz CT molecular complexity index is 3370. The molecule has 2 aromatic carbocycles. The lowest BCUT2D eigenvalue weighted by molar-refractivity contribution is -0.153. The number of nitrogens with one attached hydrogen (secondary N) is 4. The number of anilines is 2. The fraction of sp³-hybridized carbons (Fsp3) is 0.521. The first-order valence-electron chi connectivity index (χ1n) is 25.7. The molecule has 480 valence electrons. The standard InChI is InChI=1S/C23H31ClN3O9PS2.C23H30ClN3O6S2.C2H3N.Cl4O3P2/c1-14-21(15-9-10-17(24)19(12-15)39(2,33)34)38-23(26-14)27-20(28)8-5-11-25-18(13-35-37(30,31)32)22(29)36-16-6-3-4-7-16;1-14-21(15-9-10-17(24)19(12-15)35(2,31)32)34-23(26-14)27-20(29)8-5-11-25-18(13-28)22(30)33-16-6-3-4-7-16;1-2-3;1-8(2,5)7-9(3,4)6/h9-10,12,16,18,25H,3-8,11,13H2,1-2H3,(H,26,27,28)(H2,30,31,32);9-10,12,16,18,25,28H,3-8,11,13H2,1-2H3,(H,26,27,29);1H3;/t2*18-;;/m00../s1. The number of carbonyl (C=O) groups excluding carboxylic acids is 4. The van der Waals surface area contributed by atoms with Gasteiger partial charge in [0, 0.05) is 32.3 Å². The molecular weight excluding hydrogens is 1400 g/mol. The van der Waals surface area contributed by atoms with Gasteiger partial charge in [-0.1, -0.05) is 58.0 Å². The van der Waals surface area contributed by atoms with Gasteiger partial charge in [-0.05, 0) is 172 Å². The number of ether oxygens (including phenoxy) is 2. The largest absolute Gasteiger partial charge is 0.469 e. The number of nitrogens with zero attached hydrogens (tertiary/aromatic N) is 3. The number of aromatic nitrogens is 2. The molecule has 2 aromatic heterocycles. The number of nitriles is 1. The third kappa shape index (κ3) is 29.4. The van der Waals surface area contributed by atoms with Gasteiger partial charge < -0.3 is 45.6 Å². The Labute approximate surface area is 535 Å². The van der Waals surface area contributed by atoms with Crippen molar-refractivity contribution in [1.82, 2.24) is 20.6 Å². The summed E-state index contributed by atoms with van der Waals surface area (Å²) in [4.78, 5) is 77.7. The number of hydrogen-bond acceptors (Lipinski definition) is 23. The number of aryl methyl sites for hydroxylation is 2. The molecule has 0 aliphatic heterocycles. The average Bonchev–Trinajstić information content (AvgIpc) is 1.76. The van der Waals surface area contributed by atoms with Crippen molar-refractivity contribution < 1.29 is 82.9 Å². The number of benzene rings is 2. The predicted molar refractivity (Wildman–Crippen MR) is 333 cm³/mol. The monoisotopic (exact) mass is 1460 g/mol. The number of aliphatic hydroxyl groups excluding tert-OH is 1. The number of rotatable bonds is 26. The van der Waals surface area contributed by atoms with Gasteiger partial charge in [0.25, 0.3) is 0 Å². The minimum absolute atomic E-state index is 0.00386. The number of halogens is 6. The first-order chi connectivity index (χ1) is 39.9. The van der Waals surface area contributed by atoms with Gasteiger partial charge in [0.05, 0.1) is 60.3 Å². The molecule has 25 nitrogen and oxygen atoms in total. The second-order valence-electron chi connectivity index (χ2n) is 18.8. The van der Waals surface area contributed by atoms with E-state index in [1.807, 2.05) is 0 Å². The van der Waals surface area contributed by atoms with E-state index in [9.17, 15) is 54.8 Å². The van der Waals surface area contributed by atoms with E-state index in [1.165, 1.54) is 53.9 Å². The van der Waals surface area contributed by atoms with Crippen molar-refractivity contribution in [2.24, 2.45) is 0 Å². The van der Waals surface area contributed by atoms with Crippen LogP contribution in [-0.2, 0) is 70.9 Å². The van der Waals surface area contributed by atoms with Gasteiger partial charge in [-0.25, -0.2) is 35.7 Å². The molecule has 7 N–H and O–H groups in total. The second-order valence-corrected chi connectivity index (χ2v) is 35.5. The number of amides is 2. The van der Waals surface area contributed by atoms with Crippen LogP contribution in [0, 0.1) is 25.2 Å². The summed E-state index contributed by atoms with van der Waals surface area (Å²) in [5.74, 6) is -1.70. The molecule has 38 heteroatoms. The van der Waals surface area contributed by atoms with Crippen LogP contribution in [0.4, 0.5) is 10.3 Å². The van der Waals surface area contributed by atoms with Crippen molar-refractivity contribution in [3.05, 3.63) is 57.8 Å². The molecule has 2 saturated carbocycles. The van der Waals surface area contributed by atoms with E-state index < -0.39 is 70.3 Å². The van der Waals surface area contributed by atoms with Crippen LogP contribution in [0.25, 0.3) is 20.9 Å². The summed E-state index contributed by atoms with van der Waals surface area (Å²) in [6.07, 6.45) is 2.36. The van der Waals surface area contributed by atoms with Crippen LogP contribution in [-0.4, -0.2) is 129 Å². The summed E-state index contributed by atoms with van der Waals surface area (Å²) in [7, 11) is -11.8. The van der Waals surface area contributed by atoms with Crippen molar-refractivity contribution in [3.63, 3.8) is 0 Å². The number of thiazole rings is 2. The molecule has 0 bridgehead atoms. The first kappa shape index (κ1) is 77.4. The fourth-order valence-corrected chi connectivity index (χ4v) is 18.0. The number of phosphoric ester groups is 1. The summed E-state index contributed by atoms with van der Waals surface area (Å²) >= 11 is 33.6. The van der Waals surface area contributed by atoms with E-state index in [1.54, 1.807) is 32.0 Å². The maximum absolute atomic E-state index is 12.5. The molecule has 86 heavy (non-hydrogen) atoms. The van der Waals surface area contributed by atoms with Gasteiger partial charge in [0.2, 0.25) is 11.8 Å². The van der Waals surface area contributed by atoms with Gasteiger partial charge in [0.1, 0.15) is 24.3 Å². The normalized spacial score (nSPS) is 14.7. The maximum atomic E-state index is 12.5. The summed E-state index contributed by atoms with van der Waals surface area (Å²) in [6.45, 7) is 4.55. The molecule has 2 heterocycles. The van der Waals surface area contributed by atoms with Crippen molar-refractivity contribution in [2.75, 3.05) is 49.4 Å². The van der Waals surface area contributed by atoms with Gasteiger partial charge in [-0.2, -0.15) is 5.26 Å². The number of aliphatic hydroxyl groups is 1. The highest BCUT2D eigenvalue weighted by molar-refractivity contribution is 8.15. The van der Waals surface area contributed by atoms with Crippen LogP contribution < -0.4 is 21.3 Å². The van der Waals surface area contributed by atoms with E-state index in [4.69, 9.17) is 92.7 Å². The minimum Gasteiger partial charge on any atom is -0.461 e. The van der Waals surface area contributed by atoms with E-state index in [-0.39, 0.29) is 69.9 Å². The van der Waals surface area contributed by atoms with Crippen LogP contribution in [0.15, 0.2) is 46.2 Å². The predicted octanol–water partition coefficient (Wildman–Crippen LogP) is 11.5. The van der Waals surface area contributed by atoms with E-state index in [2.05, 4.69) is 40.1 Å². The van der Waals surface area contributed by atoms with Crippen LogP contribution in [0.3, 0.4) is 0 Å². The first-order valence-corrected chi connectivity index (χ1v) is 40.2. The highest BCUT2D eigenvalue weighted by Gasteiger charge is 2.30. The Hall–Kier alpha value is -2.88. The Morgan fingerprint density at radius 1 is 0.698 bits per heavy atom. The summed E-state index contributed by atoms with van der Waals surface area (Å²) in [5.41, 5.74) is 2.51. The molecule has 2 aliphatic rings. The number of hydrogen-bond donors (Lipinski definition) is 7. The van der Waals surface area contributed by atoms with Crippen molar-refractivity contribution in [1.29, 1.82) is 5.26 Å². The smallest absolute Gasteiger partial charge is 0.461 e. The lowest BCUT2D eigenvalue weighted by Crippen LogP contribution is -2.43. The van der Waals surface area contributed by atoms with Crippen LogP contribution in [0.2, 0.25) is 10.0 Å². The van der Waals surface area contributed by atoms with Crippen molar-refractivity contribution >= 4 is 165 Å². The lowest BCUT2D eigenvalue weighted by Gasteiger charge is -2.20. The Balaban J connectivity index is 0.000000380. The molecule has 2 atom stereocenters. The van der Waals surface area contributed by atoms with Gasteiger partial charge in [-0.15, -0.1) is 0 Å².